The van der Waals surface area contributed by atoms with E-state index in [1.54, 1.807) is 13.1 Å². The molecule has 0 aliphatic carbocycles. The Morgan fingerprint density at radius 2 is 2.05 bits per heavy atom. The zero-order valence-electron chi connectivity index (χ0n) is 11.3. The van der Waals surface area contributed by atoms with E-state index in [2.05, 4.69) is 9.72 Å². The third-order valence-corrected chi connectivity index (χ3v) is 3.00. The number of hydrogen-bond donors (Lipinski definition) is 0. The first-order chi connectivity index (χ1) is 8.66. The molecule has 4 nitrogen and oxygen atoms in total. The summed E-state index contributed by atoms with van der Waals surface area (Å²) < 4.78 is 31.5. The molecule has 0 radical (unpaired) electrons. The van der Waals surface area contributed by atoms with Gasteiger partial charge in [0.05, 0.1) is 0 Å². The SMILES string of the molecule is CCN1C(=O)C(F)(F)Oc2cc(C(C)(C)C)cnc21. The molecule has 0 atom stereocenters. The number of amides is 1. The van der Waals surface area contributed by atoms with Gasteiger partial charge in [-0.1, -0.05) is 20.8 Å². The number of ether oxygens (including phenoxy) is 1. The Morgan fingerprint density at radius 1 is 1.42 bits per heavy atom. The van der Waals surface area contributed by atoms with Crippen LogP contribution < -0.4 is 9.64 Å². The molecule has 0 N–H and O–H groups in total. The molecule has 0 bridgehead atoms. The van der Waals surface area contributed by atoms with Gasteiger partial charge in [0.1, 0.15) is 0 Å². The van der Waals surface area contributed by atoms with Crippen molar-refractivity contribution in [1.29, 1.82) is 0 Å². The topological polar surface area (TPSA) is 42.4 Å². The van der Waals surface area contributed by atoms with E-state index in [0.717, 1.165) is 10.5 Å². The molecular weight excluding hydrogens is 254 g/mol. The minimum Gasteiger partial charge on any atom is -0.421 e. The number of rotatable bonds is 1. The van der Waals surface area contributed by atoms with E-state index < -0.39 is 12.0 Å². The van der Waals surface area contributed by atoms with Crippen LogP contribution in [0.1, 0.15) is 33.3 Å². The number of fused-ring (bicyclic) bond motifs is 1. The molecule has 19 heavy (non-hydrogen) atoms. The number of carbonyl (C=O) groups is 1. The summed E-state index contributed by atoms with van der Waals surface area (Å²) in [5.41, 5.74) is 0.534. The first kappa shape index (κ1) is 13.7. The van der Waals surface area contributed by atoms with E-state index in [9.17, 15) is 13.6 Å². The third-order valence-electron chi connectivity index (χ3n) is 3.00. The number of alkyl halides is 2. The number of aromatic nitrogens is 1. The maximum absolute atomic E-state index is 13.5. The van der Waals surface area contributed by atoms with Crippen LogP contribution in [0.15, 0.2) is 12.3 Å². The van der Waals surface area contributed by atoms with E-state index in [0.29, 0.717) is 0 Å². The zero-order valence-corrected chi connectivity index (χ0v) is 11.3. The van der Waals surface area contributed by atoms with Gasteiger partial charge in [-0.25, -0.2) is 4.98 Å². The Labute approximate surface area is 110 Å². The second-order valence-corrected chi connectivity index (χ2v) is 5.46. The van der Waals surface area contributed by atoms with Crippen molar-refractivity contribution in [1.82, 2.24) is 4.98 Å². The highest BCUT2D eigenvalue weighted by molar-refractivity contribution is 5.99. The fourth-order valence-corrected chi connectivity index (χ4v) is 1.85. The second-order valence-electron chi connectivity index (χ2n) is 5.46. The lowest BCUT2D eigenvalue weighted by Crippen LogP contribution is -2.51. The number of anilines is 1. The minimum atomic E-state index is -3.83. The number of carbonyl (C=O) groups excluding carboxylic acids is 1. The van der Waals surface area contributed by atoms with Crippen LogP contribution in [0.4, 0.5) is 14.6 Å². The highest BCUT2D eigenvalue weighted by atomic mass is 19.3. The lowest BCUT2D eigenvalue weighted by Gasteiger charge is -2.32. The molecule has 1 aliphatic heterocycles. The van der Waals surface area contributed by atoms with Crippen molar-refractivity contribution < 1.29 is 18.3 Å². The molecule has 1 aromatic rings. The van der Waals surface area contributed by atoms with Gasteiger partial charge in [0.25, 0.3) is 0 Å². The van der Waals surface area contributed by atoms with Crippen LogP contribution in [0, 0.1) is 0 Å². The van der Waals surface area contributed by atoms with Crippen LogP contribution >= 0.6 is 0 Å². The van der Waals surface area contributed by atoms with Gasteiger partial charge in [-0.2, -0.15) is 8.78 Å². The van der Waals surface area contributed by atoms with Crippen molar-refractivity contribution in [2.75, 3.05) is 11.4 Å². The summed E-state index contributed by atoms with van der Waals surface area (Å²) in [5, 5.41) is 0. The van der Waals surface area contributed by atoms with Crippen molar-refractivity contribution in [2.45, 2.75) is 39.2 Å². The summed E-state index contributed by atoms with van der Waals surface area (Å²) in [4.78, 5) is 16.6. The molecule has 1 amide bonds. The maximum atomic E-state index is 13.5. The van der Waals surface area contributed by atoms with Gasteiger partial charge in [0, 0.05) is 12.7 Å². The molecule has 104 valence electrons. The van der Waals surface area contributed by atoms with Crippen molar-refractivity contribution in [3.63, 3.8) is 0 Å². The van der Waals surface area contributed by atoms with E-state index in [4.69, 9.17) is 0 Å². The molecular formula is C13H16F2N2O2. The smallest absolute Gasteiger partial charge is 0.421 e. The van der Waals surface area contributed by atoms with Crippen molar-refractivity contribution in [3.05, 3.63) is 17.8 Å². The van der Waals surface area contributed by atoms with Gasteiger partial charge in [-0.05, 0) is 24.0 Å². The normalized spacial score (nSPS) is 18.0. The highest BCUT2D eigenvalue weighted by Crippen LogP contribution is 2.39. The molecule has 0 spiro atoms. The van der Waals surface area contributed by atoms with Gasteiger partial charge in [-0.15, -0.1) is 0 Å². The van der Waals surface area contributed by atoms with Gasteiger partial charge >= 0.3 is 12.0 Å². The molecule has 1 aromatic heterocycles. The quantitative estimate of drug-likeness (QED) is 0.788. The number of pyridine rings is 1. The number of hydrogen-bond acceptors (Lipinski definition) is 3. The van der Waals surface area contributed by atoms with Gasteiger partial charge < -0.3 is 4.74 Å². The van der Waals surface area contributed by atoms with E-state index >= 15 is 0 Å². The predicted octanol–water partition coefficient (Wildman–Crippen LogP) is 2.72. The average Bonchev–Trinajstić information content (AvgIpc) is 2.28. The molecule has 0 unspecified atom stereocenters. The van der Waals surface area contributed by atoms with Gasteiger partial charge in [0.15, 0.2) is 11.6 Å². The standard InChI is InChI=1S/C13H16F2N2O2/c1-5-17-10-9(19-13(14,15)11(17)18)6-8(7-16-10)12(2,3)4/h6-7H,5H2,1-4H3. The zero-order chi connectivity index (χ0) is 14.4. The maximum Gasteiger partial charge on any atom is 0.483 e. The van der Waals surface area contributed by atoms with Crippen LogP contribution in [-0.2, 0) is 10.2 Å². The largest absolute Gasteiger partial charge is 0.483 e. The fraction of sp³-hybridized carbons (Fsp3) is 0.538. The molecule has 1 aliphatic rings. The lowest BCUT2D eigenvalue weighted by atomic mass is 9.88. The second kappa shape index (κ2) is 4.15. The molecule has 2 heterocycles. The predicted molar refractivity (Wildman–Crippen MR) is 66.5 cm³/mol. The van der Waals surface area contributed by atoms with Crippen LogP contribution in [0.5, 0.6) is 5.75 Å². The van der Waals surface area contributed by atoms with E-state index in [1.165, 1.54) is 6.07 Å². The average molecular weight is 270 g/mol. The molecule has 0 saturated heterocycles. The van der Waals surface area contributed by atoms with Crippen LogP contribution in [0.3, 0.4) is 0 Å². The monoisotopic (exact) mass is 270 g/mol. The summed E-state index contributed by atoms with van der Waals surface area (Å²) in [5.74, 6) is -1.29. The molecule has 0 saturated carbocycles. The Hall–Kier alpha value is -1.72. The Kier molecular flexibility index (Phi) is 2.99. The first-order valence-electron chi connectivity index (χ1n) is 6.06. The molecule has 6 heteroatoms. The number of halogens is 2. The minimum absolute atomic E-state index is 0.0566. The summed E-state index contributed by atoms with van der Waals surface area (Å²) in [6.45, 7) is 7.56. The number of likely N-dealkylation sites (N-methyl/N-ethyl adjacent to an activating group) is 1. The van der Waals surface area contributed by atoms with Crippen molar-refractivity contribution in [2.24, 2.45) is 0 Å². The Balaban J connectivity index is 2.54. The number of nitrogens with zero attached hydrogens (tertiary/aromatic N) is 2. The van der Waals surface area contributed by atoms with Crippen LogP contribution in [0.25, 0.3) is 0 Å². The first-order valence-corrected chi connectivity index (χ1v) is 6.06. The van der Waals surface area contributed by atoms with Crippen LogP contribution in [-0.4, -0.2) is 23.5 Å². The summed E-state index contributed by atoms with van der Waals surface area (Å²) in [7, 11) is 0. The summed E-state index contributed by atoms with van der Waals surface area (Å²) >= 11 is 0. The van der Waals surface area contributed by atoms with Gasteiger partial charge in [-0.3, -0.25) is 9.69 Å². The van der Waals surface area contributed by atoms with E-state index in [1.807, 2.05) is 20.8 Å². The molecule has 2 rings (SSSR count). The molecule has 0 aromatic carbocycles. The van der Waals surface area contributed by atoms with E-state index in [-0.39, 0.29) is 23.5 Å². The fourth-order valence-electron chi connectivity index (χ4n) is 1.85. The highest BCUT2D eigenvalue weighted by Gasteiger charge is 2.50. The van der Waals surface area contributed by atoms with Crippen LogP contribution in [0.2, 0.25) is 0 Å². The van der Waals surface area contributed by atoms with Crippen molar-refractivity contribution in [3.8, 4) is 5.75 Å². The van der Waals surface area contributed by atoms with Crippen molar-refractivity contribution >= 4 is 11.7 Å². The Bertz CT molecular complexity index is 524. The summed E-state index contributed by atoms with van der Waals surface area (Å²) in [6, 6.07) is 1.52. The lowest BCUT2D eigenvalue weighted by molar-refractivity contribution is -0.193. The van der Waals surface area contributed by atoms with Gasteiger partial charge in [0.2, 0.25) is 0 Å². The Morgan fingerprint density at radius 3 is 2.58 bits per heavy atom. The molecule has 0 fully saturated rings. The third kappa shape index (κ3) is 2.27. The summed E-state index contributed by atoms with van der Waals surface area (Å²) in [6.07, 6.45) is -2.25.